The number of hydrogen-bond donors (Lipinski definition) is 1. The summed E-state index contributed by atoms with van der Waals surface area (Å²) < 4.78 is 12.0. The summed E-state index contributed by atoms with van der Waals surface area (Å²) in [5.74, 6) is 0.283. The van der Waals surface area contributed by atoms with Gasteiger partial charge in [-0.2, -0.15) is 5.26 Å². The number of hydrogen-bond acceptors (Lipinski definition) is 6. The number of amides is 1. The Morgan fingerprint density at radius 2 is 2.00 bits per heavy atom. The fourth-order valence-electron chi connectivity index (χ4n) is 2.49. The van der Waals surface area contributed by atoms with Crippen molar-refractivity contribution in [2.45, 2.75) is 13.8 Å². The highest BCUT2D eigenvalue weighted by Gasteiger charge is 2.19. The second-order valence-electron chi connectivity index (χ2n) is 5.74. The van der Waals surface area contributed by atoms with E-state index in [2.05, 4.69) is 27.9 Å². The molecule has 1 amide bonds. The monoisotopic (exact) mass is 541 g/mol. The highest BCUT2D eigenvalue weighted by atomic mass is 127. The molecule has 2 aromatic rings. The minimum Gasteiger partial charge on any atom is -0.490 e. The lowest BCUT2D eigenvalue weighted by Crippen LogP contribution is -2.14. The van der Waals surface area contributed by atoms with Gasteiger partial charge in [-0.25, -0.2) is 0 Å². The fraction of sp³-hybridized carbons (Fsp3) is 0.200. The predicted octanol–water partition coefficient (Wildman–Crippen LogP) is 5.20. The molecule has 0 aliphatic rings. The molecule has 2 rings (SSSR count). The summed E-state index contributed by atoms with van der Waals surface area (Å²) in [6.07, 6.45) is 1.37. The van der Waals surface area contributed by atoms with E-state index in [0.717, 1.165) is 9.64 Å². The maximum absolute atomic E-state index is 12.6. The average molecular weight is 542 g/mol. The fourth-order valence-corrected chi connectivity index (χ4v) is 3.43. The first-order valence-corrected chi connectivity index (χ1v) is 10.2. The predicted molar refractivity (Wildman–Crippen MR) is 122 cm³/mol. The van der Waals surface area contributed by atoms with Crippen LogP contribution in [0.1, 0.15) is 19.4 Å². The van der Waals surface area contributed by atoms with Crippen LogP contribution >= 0.6 is 34.2 Å². The van der Waals surface area contributed by atoms with Crippen LogP contribution in [0.25, 0.3) is 6.08 Å². The number of nitrogens with one attached hydrogen (secondary N) is 1. The van der Waals surface area contributed by atoms with Crippen LogP contribution in [0.2, 0.25) is 5.02 Å². The summed E-state index contributed by atoms with van der Waals surface area (Å²) >= 11 is 7.86. The Bertz CT molecular complexity index is 1050. The Balaban J connectivity index is 2.39. The third-order valence-electron chi connectivity index (χ3n) is 3.70. The lowest BCUT2D eigenvalue weighted by Gasteiger charge is -2.13. The van der Waals surface area contributed by atoms with Crippen LogP contribution in [-0.4, -0.2) is 24.0 Å². The van der Waals surface area contributed by atoms with Crippen LogP contribution in [0.3, 0.4) is 0 Å². The van der Waals surface area contributed by atoms with Gasteiger partial charge >= 0.3 is 0 Å². The van der Waals surface area contributed by atoms with Crippen molar-refractivity contribution in [1.82, 2.24) is 0 Å². The molecule has 0 aliphatic heterocycles. The summed E-state index contributed by atoms with van der Waals surface area (Å²) in [6.45, 7) is 4.55. The van der Waals surface area contributed by atoms with Crippen molar-refractivity contribution in [3.05, 3.63) is 60.2 Å². The standard InChI is InChI=1S/C20H17ClIN3O5/c1-3-29-18-9-12(8-15(22)19(18)30-4-2)7-13(11-23)20(26)24-16-6-5-14(21)10-17(16)25(27)28/h5-10H,3-4H2,1-2H3,(H,24,26)/b13-7+. The normalized spacial score (nSPS) is 10.8. The van der Waals surface area contributed by atoms with Crippen LogP contribution in [0.4, 0.5) is 11.4 Å². The molecule has 0 atom stereocenters. The molecule has 0 unspecified atom stereocenters. The number of carbonyl (C=O) groups excluding carboxylic acids is 1. The number of nitro groups is 1. The minimum atomic E-state index is -0.787. The molecule has 2 aromatic carbocycles. The molecule has 0 bridgehead atoms. The summed E-state index contributed by atoms with van der Waals surface area (Å²) in [5.41, 5.74) is -0.125. The maximum atomic E-state index is 12.6. The van der Waals surface area contributed by atoms with E-state index in [4.69, 9.17) is 21.1 Å². The number of halogens is 2. The first-order chi connectivity index (χ1) is 14.3. The van der Waals surface area contributed by atoms with Gasteiger partial charge in [-0.15, -0.1) is 0 Å². The van der Waals surface area contributed by atoms with Gasteiger partial charge in [0.15, 0.2) is 11.5 Å². The Hall–Kier alpha value is -2.84. The Labute approximate surface area is 191 Å². The van der Waals surface area contributed by atoms with E-state index in [-0.39, 0.29) is 22.0 Å². The third-order valence-corrected chi connectivity index (χ3v) is 4.74. The van der Waals surface area contributed by atoms with Gasteiger partial charge in [-0.3, -0.25) is 14.9 Å². The number of rotatable bonds is 8. The zero-order valence-corrected chi connectivity index (χ0v) is 19.0. The largest absolute Gasteiger partial charge is 0.490 e. The highest BCUT2D eigenvalue weighted by molar-refractivity contribution is 14.1. The first kappa shape index (κ1) is 23.4. The molecule has 0 aromatic heterocycles. The Morgan fingerprint density at radius 3 is 2.60 bits per heavy atom. The number of benzene rings is 2. The molecule has 0 spiro atoms. The second-order valence-corrected chi connectivity index (χ2v) is 7.34. The Kier molecular flexibility index (Phi) is 8.44. The molecule has 1 N–H and O–H groups in total. The van der Waals surface area contributed by atoms with Gasteiger partial charge in [0.05, 0.1) is 21.7 Å². The maximum Gasteiger partial charge on any atom is 0.294 e. The zero-order valence-electron chi connectivity index (χ0n) is 16.1. The average Bonchev–Trinajstić information content (AvgIpc) is 2.70. The third kappa shape index (κ3) is 5.84. The van der Waals surface area contributed by atoms with Crippen molar-refractivity contribution in [2.24, 2.45) is 0 Å². The molecule has 156 valence electrons. The van der Waals surface area contributed by atoms with Crippen LogP contribution in [0.15, 0.2) is 35.9 Å². The first-order valence-electron chi connectivity index (χ1n) is 8.76. The molecule has 0 aliphatic carbocycles. The second kappa shape index (κ2) is 10.8. The topological polar surface area (TPSA) is 114 Å². The van der Waals surface area contributed by atoms with Crippen molar-refractivity contribution >= 4 is 57.5 Å². The summed E-state index contributed by atoms with van der Waals surface area (Å²) in [6, 6.07) is 9.05. The number of anilines is 1. The summed E-state index contributed by atoms with van der Waals surface area (Å²) in [4.78, 5) is 23.1. The van der Waals surface area contributed by atoms with Crippen molar-refractivity contribution in [2.75, 3.05) is 18.5 Å². The highest BCUT2D eigenvalue weighted by Crippen LogP contribution is 2.35. The van der Waals surface area contributed by atoms with E-state index >= 15 is 0 Å². The van der Waals surface area contributed by atoms with Gasteiger partial charge in [0, 0.05) is 11.1 Å². The van der Waals surface area contributed by atoms with E-state index in [9.17, 15) is 20.2 Å². The van der Waals surface area contributed by atoms with E-state index in [0.29, 0.717) is 30.3 Å². The smallest absolute Gasteiger partial charge is 0.294 e. The van der Waals surface area contributed by atoms with Crippen molar-refractivity contribution in [1.29, 1.82) is 5.26 Å². The quantitative estimate of drug-likeness (QED) is 0.162. The lowest BCUT2D eigenvalue weighted by atomic mass is 10.1. The van der Waals surface area contributed by atoms with Gasteiger partial charge in [-0.1, -0.05) is 11.6 Å². The molecule has 0 saturated heterocycles. The molecule has 30 heavy (non-hydrogen) atoms. The van der Waals surface area contributed by atoms with Gasteiger partial charge in [0.1, 0.15) is 17.3 Å². The van der Waals surface area contributed by atoms with Gasteiger partial charge < -0.3 is 14.8 Å². The number of ether oxygens (including phenoxy) is 2. The molecular formula is C20H17ClIN3O5. The van der Waals surface area contributed by atoms with Crippen LogP contribution in [0.5, 0.6) is 11.5 Å². The van der Waals surface area contributed by atoms with E-state index < -0.39 is 10.8 Å². The van der Waals surface area contributed by atoms with Crippen molar-refractivity contribution in [3.8, 4) is 17.6 Å². The van der Waals surface area contributed by atoms with Crippen molar-refractivity contribution < 1.29 is 19.2 Å². The van der Waals surface area contributed by atoms with E-state index in [1.807, 2.05) is 19.9 Å². The van der Waals surface area contributed by atoms with Crippen LogP contribution in [-0.2, 0) is 4.79 Å². The number of nitro benzene ring substituents is 1. The van der Waals surface area contributed by atoms with Gasteiger partial charge in [-0.05, 0) is 72.3 Å². The summed E-state index contributed by atoms with van der Waals surface area (Å²) in [7, 11) is 0. The molecule has 10 heteroatoms. The van der Waals surface area contributed by atoms with E-state index in [1.54, 1.807) is 12.1 Å². The molecule has 8 nitrogen and oxygen atoms in total. The number of nitriles is 1. The zero-order chi connectivity index (χ0) is 22.3. The summed E-state index contributed by atoms with van der Waals surface area (Å²) in [5, 5.41) is 23.2. The molecular weight excluding hydrogens is 525 g/mol. The SMILES string of the molecule is CCOc1cc(/C=C(\C#N)C(=O)Nc2ccc(Cl)cc2[N+](=O)[O-])cc(I)c1OCC. The van der Waals surface area contributed by atoms with Gasteiger partial charge in [0.25, 0.3) is 11.6 Å². The molecule has 0 fully saturated rings. The van der Waals surface area contributed by atoms with E-state index in [1.165, 1.54) is 18.2 Å². The number of nitrogens with zero attached hydrogens (tertiary/aromatic N) is 2. The van der Waals surface area contributed by atoms with Crippen LogP contribution < -0.4 is 14.8 Å². The Morgan fingerprint density at radius 1 is 1.30 bits per heavy atom. The number of carbonyl (C=O) groups is 1. The minimum absolute atomic E-state index is 0.0631. The van der Waals surface area contributed by atoms with Crippen molar-refractivity contribution in [3.63, 3.8) is 0 Å². The van der Waals surface area contributed by atoms with Gasteiger partial charge in [0.2, 0.25) is 0 Å². The molecule has 0 saturated carbocycles. The van der Waals surface area contributed by atoms with Crippen LogP contribution in [0, 0.1) is 25.0 Å². The molecule has 0 heterocycles. The molecule has 0 radical (unpaired) electrons. The lowest BCUT2D eigenvalue weighted by molar-refractivity contribution is -0.383.